The highest BCUT2D eigenvalue weighted by atomic mass is 16.5. The first kappa shape index (κ1) is 7.56. The standard InChI is InChI=1S/C9H17NO/c1-6(2)8-5-7-3-4-9(10-8)11-7/h6-10H,3-5H2,1-2H3. The summed E-state index contributed by atoms with van der Waals surface area (Å²) in [5.74, 6) is 0.752. The van der Waals surface area contributed by atoms with Gasteiger partial charge in [0.05, 0.1) is 6.10 Å². The van der Waals surface area contributed by atoms with E-state index in [4.69, 9.17) is 4.74 Å². The molecule has 0 spiro atoms. The number of hydrogen-bond acceptors (Lipinski definition) is 2. The van der Waals surface area contributed by atoms with Gasteiger partial charge in [-0.05, 0) is 25.2 Å². The molecule has 0 aromatic rings. The molecule has 2 bridgehead atoms. The van der Waals surface area contributed by atoms with Crippen molar-refractivity contribution >= 4 is 0 Å². The average molecular weight is 155 g/mol. The largest absolute Gasteiger partial charge is 0.360 e. The molecule has 64 valence electrons. The van der Waals surface area contributed by atoms with E-state index in [0.29, 0.717) is 18.4 Å². The fourth-order valence-corrected chi connectivity index (χ4v) is 2.06. The van der Waals surface area contributed by atoms with Gasteiger partial charge >= 0.3 is 0 Å². The summed E-state index contributed by atoms with van der Waals surface area (Å²) in [6.45, 7) is 4.56. The first-order valence-corrected chi connectivity index (χ1v) is 4.67. The summed E-state index contributed by atoms with van der Waals surface area (Å²) in [6.07, 6.45) is 4.64. The summed E-state index contributed by atoms with van der Waals surface area (Å²) in [5, 5.41) is 3.52. The lowest BCUT2D eigenvalue weighted by Gasteiger charge is -2.32. The van der Waals surface area contributed by atoms with Crippen LogP contribution in [0.25, 0.3) is 0 Å². The van der Waals surface area contributed by atoms with Crippen LogP contribution in [0.1, 0.15) is 33.1 Å². The van der Waals surface area contributed by atoms with Gasteiger partial charge in [0.2, 0.25) is 0 Å². The van der Waals surface area contributed by atoms with Crippen LogP contribution in [0, 0.1) is 5.92 Å². The van der Waals surface area contributed by atoms with Crippen LogP contribution in [0.4, 0.5) is 0 Å². The molecule has 2 saturated heterocycles. The molecule has 1 N–H and O–H groups in total. The Morgan fingerprint density at radius 2 is 2.18 bits per heavy atom. The van der Waals surface area contributed by atoms with Gasteiger partial charge < -0.3 is 4.74 Å². The van der Waals surface area contributed by atoms with Crippen LogP contribution in [-0.2, 0) is 4.74 Å². The van der Waals surface area contributed by atoms with Crippen molar-refractivity contribution in [3.8, 4) is 0 Å². The van der Waals surface area contributed by atoms with E-state index in [0.717, 1.165) is 5.92 Å². The highest BCUT2D eigenvalue weighted by molar-refractivity contribution is 4.86. The predicted molar refractivity (Wildman–Crippen MR) is 44.3 cm³/mol. The van der Waals surface area contributed by atoms with Crippen molar-refractivity contribution in [3.63, 3.8) is 0 Å². The molecule has 2 heteroatoms. The van der Waals surface area contributed by atoms with Crippen molar-refractivity contribution < 1.29 is 4.74 Å². The van der Waals surface area contributed by atoms with Gasteiger partial charge in [0.15, 0.2) is 0 Å². The Balaban J connectivity index is 1.97. The van der Waals surface area contributed by atoms with Gasteiger partial charge in [0, 0.05) is 6.04 Å². The first-order valence-electron chi connectivity index (χ1n) is 4.67. The molecule has 2 fully saturated rings. The van der Waals surface area contributed by atoms with E-state index in [1.165, 1.54) is 19.3 Å². The summed E-state index contributed by atoms with van der Waals surface area (Å²) in [7, 11) is 0. The zero-order valence-electron chi connectivity index (χ0n) is 7.34. The second kappa shape index (κ2) is 2.76. The van der Waals surface area contributed by atoms with Gasteiger partial charge in [-0.25, -0.2) is 0 Å². The van der Waals surface area contributed by atoms with Crippen molar-refractivity contribution in [2.45, 2.75) is 51.5 Å². The van der Waals surface area contributed by atoms with Crippen molar-refractivity contribution in [1.29, 1.82) is 0 Å². The Labute approximate surface area is 68.3 Å². The Hall–Kier alpha value is -0.0800. The highest BCUT2D eigenvalue weighted by Gasteiger charge is 2.35. The number of rotatable bonds is 1. The lowest BCUT2D eigenvalue weighted by molar-refractivity contribution is -0.0333. The van der Waals surface area contributed by atoms with Crippen molar-refractivity contribution in [2.75, 3.05) is 0 Å². The van der Waals surface area contributed by atoms with E-state index in [1.807, 2.05) is 0 Å². The summed E-state index contributed by atoms with van der Waals surface area (Å²) < 4.78 is 5.67. The van der Waals surface area contributed by atoms with E-state index >= 15 is 0 Å². The third-order valence-corrected chi connectivity index (χ3v) is 2.83. The minimum Gasteiger partial charge on any atom is -0.360 e. The number of fused-ring (bicyclic) bond motifs is 2. The summed E-state index contributed by atoms with van der Waals surface area (Å²) in [5.41, 5.74) is 0. The lowest BCUT2D eigenvalue weighted by Crippen LogP contribution is -2.46. The van der Waals surface area contributed by atoms with Gasteiger partial charge in [0.1, 0.15) is 6.23 Å². The molecule has 0 radical (unpaired) electrons. The molecule has 2 nitrogen and oxygen atoms in total. The van der Waals surface area contributed by atoms with Crippen LogP contribution >= 0.6 is 0 Å². The minimum atomic E-state index is 0.376. The van der Waals surface area contributed by atoms with Crippen LogP contribution < -0.4 is 5.32 Å². The maximum atomic E-state index is 5.67. The Morgan fingerprint density at radius 3 is 2.82 bits per heavy atom. The number of nitrogens with one attached hydrogen (secondary N) is 1. The molecule has 3 atom stereocenters. The van der Waals surface area contributed by atoms with E-state index < -0.39 is 0 Å². The van der Waals surface area contributed by atoms with E-state index in [9.17, 15) is 0 Å². The zero-order valence-corrected chi connectivity index (χ0v) is 7.34. The molecule has 2 aliphatic heterocycles. The van der Waals surface area contributed by atoms with Crippen LogP contribution in [-0.4, -0.2) is 18.4 Å². The van der Waals surface area contributed by atoms with Crippen LogP contribution in [0.2, 0.25) is 0 Å². The van der Waals surface area contributed by atoms with E-state index in [1.54, 1.807) is 0 Å². The SMILES string of the molecule is CC(C)C1CC2CCC(N1)O2. The Morgan fingerprint density at radius 1 is 1.36 bits per heavy atom. The Kier molecular flexibility index (Phi) is 1.90. The maximum Gasteiger partial charge on any atom is 0.108 e. The summed E-state index contributed by atoms with van der Waals surface area (Å²) in [4.78, 5) is 0. The molecular formula is C9H17NO. The molecule has 3 unspecified atom stereocenters. The zero-order chi connectivity index (χ0) is 7.84. The lowest BCUT2D eigenvalue weighted by atomic mass is 9.97. The first-order chi connectivity index (χ1) is 5.25. The molecule has 0 saturated carbocycles. The molecule has 0 amide bonds. The third kappa shape index (κ3) is 1.42. The molecule has 2 heterocycles. The monoisotopic (exact) mass is 155 g/mol. The molecule has 2 aliphatic rings. The van der Waals surface area contributed by atoms with Crippen molar-refractivity contribution in [2.24, 2.45) is 5.92 Å². The maximum absolute atomic E-state index is 5.67. The van der Waals surface area contributed by atoms with Gasteiger partial charge in [-0.1, -0.05) is 13.8 Å². The van der Waals surface area contributed by atoms with Gasteiger partial charge in [0.25, 0.3) is 0 Å². The van der Waals surface area contributed by atoms with E-state index in [2.05, 4.69) is 19.2 Å². The van der Waals surface area contributed by atoms with Crippen molar-refractivity contribution in [3.05, 3.63) is 0 Å². The van der Waals surface area contributed by atoms with Crippen LogP contribution in [0.5, 0.6) is 0 Å². The molecule has 2 rings (SSSR count). The molecular weight excluding hydrogens is 138 g/mol. The smallest absolute Gasteiger partial charge is 0.108 e. The Bertz CT molecular complexity index is 134. The topological polar surface area (TPSA) is 21.3 Å². The predicted octanol–water partition coefficient (Wildman–Crippen LogP) is 1.51. The van der Waals surface area contributed by atoms with Crippen molar-refractivity contribution in [1.82, 2.24) is 5.32 Å². The molecule has 11 heavy (non-hydrogen) atoms. The van der Waals surface area contributed by atoms with Gasteiger partial charge in [-0.3, -0.25) is 5.32 Å². The average Bonchev–Trinajstić information content (AvgIpc) is 2.30. The second-order valence-corrected chi connectivity index (χ2v) is 4.08. The highest BCUT2D eigenvalue weighted by Crippen LogP contribution is 2.29. The fraction of sp³-hybridized carbons (Fsp3) is 1.00. The summed E-state index contributed by atoms with van der Waals surface area (Å²) in [6, 6.07) is 0.696. The van der Waals surface area contributed by atoms with Crippen LogP contribution in [0.3, 0.4) is 0 Å². The quantitative estimate of drug-likeness (QED) is 0.619. The number of ether oxygens (including phenoxy) is 1. The number of hydrogen-bond donors (Lipinski definition) is 1. The molecule has 0 aromatic carbocycles. The molecule has 0 aromatic heterocycles. The van der Waals surface area contributed by atoms with Gasteiger partial charge in [-0.2, -0.15) is 0 Å². The minimum absolute atomic E-state index is 0.376. The van der Waals surface area contributed by atoms with Gasteiger partial charge in [-0.15, -0.1) is 0 Å². The fourth-order valence-electron chi connectivity index (χ4n) is 2.06. The van der Waals surface area contributed by atoms with Crippen LogP contribution in [0.15, 0.2) is 0 Å². The second-order valence-electron chi connectivity index (χ2n) is 4.08. The van der Waals surface area contributed by atoms with E-state index in [-0.39, 0.29) is 0 Å². The third-order valence-electron chi connectivity index (χ3n) is 2.83. The molecule has 0 aliphatic carbocycles. The summed E-state index contributed by atoms with van der Waals surface area (Å²) >= 11 is 0. The normalized spacial score (nSPS) is 43.4.